The molecule has 34 heavy (non-hydrogen) atoms. The molecular formula is C26H31N5O2S. The Bertz CT molecular complexity index is 1070. The fraction of sp³-hybridized carbons (Fsp3) is 0.308. The Kier molecular flexibility index (Phi) is 8.17. The van der Waals surface area contributed by atoms with Gasteiger partial charge in [-0.2, -0.15) is 0 Å². The second kappa shape index (κ2) is 11.7. The van der Waals surface area contributed by atoms with Crippen molar-refractivity contribution >= 4 is 34.6 Å². The summed E-state index contributed by atoms with van der Waals surface area (Å²) in [6.07, 6.45) is 0. The van der Waals surface area contributed by atoms with Gasteiger partial charge >= 0.3 is 6.03 Å². The summed E-state index contributed by atoms with van der Waals surface area (Å²) in [4.78, 5) is 30.8. The number of para-hydroxylation sites is 1. The average Bonchev–Trinajstić information content (AvgIpc) is 3.40. The topological polar surface area (TPSA) is 76.7 Å². The van der Waals surface area contributed by atoms with E-state index < -0.39 is 0 Å². The van der Waals surface area contributed by atoms with E-state index in [1.54, 1.807) is 35.6 Å². The van der Waals surface area contributed by atoms with Crippen molar-refractivity contribution in [2.24, 2.45) is 0 Å². The second-order valence-electron chi connectivity index (χ2n) is 8.39. The van der Waals surface area contributed by atoms with E-state index in [-0.39, 0.29) is 18.0 Å². The van der Waals surface area contributed by atoms with Gasteiger partial charge in [-0.1, -0.05) is 30.3 Å². The Balaban J connectivity index is 1.20. The van der Waals surface area contributed by atoms with Crippen LogP contribution in [0.5, 0.6) is 0 Å². The Morgan fingerprint density at radius 3 is 2.47 bits per heavy atom. The van der Waals surface area contributed by atoms with E-state index in [2.05, 4.69) is 56.9 Å². The van der Waals surface area contributed by atoms with Crippen LogP contribution in [0, 0.1) is 0 Å². The lowest BCUT2D eigenvalue weighted by Gasteiger charge is -2.39. The molecule has 1 saturated heterocycles. The third-order valence-electron chi connectivity index (χ3n) is 6.00. The number of hydrogen-bond acceptors (Lipinski definition) is 5. The summed E-state index contributed by atoms with van der Waals surface area (Å²) in [5.41, 5.74) is 2.36. The summed E-state index contributed by atoms with van der Waals surface area (Å²) < 4.78 is 0. The molecule has 7 nitrogen and oxygen atoms in total. The molecule has 1 unspecified atom stereocenters. The predicted octanol–water partition coefficient (Wildman–Crippen LogP) is 4.01. The number of hydrogen-bond donors (Lipinski definition) is 3. The van der Waals surface area contributed by atoms with Crippen molar-refractivity contribution < 1.29 is 9.59 Å². The lowest BCUT2D eigenvalue weighted by molar-refractivity contribution is 0.0951. The minimum Gasteiger partial charge on any atom is -0.369 e. The number of amides is 3. The first-order valence-electron chi connectivity index (χ1n) is 11.6. The van der Waals surface area contributed by atoms with Crippen molar-refractivity contribution in [1.82, 2.24) is 15.5 Å². The number of carbonyl (C=O) groups is 2. The molecule has 3 aromatic rings. The van der Waals surface area contributed by atoms with Gasteiger partial charge in [0.25, 0.3) is 5.91 Å². The summed E-state index contributed by atoms with van der Waals surface area (Å²) in [7, 11) is 0. The first-order valence-corrected chi connectivity index (χ1v) is 12.5. The number of benzene rings is 2. The Labute approximate surface area is 204 Å². The zero-order valence-electron chi connectivity index (χ0n) is 19.4. The van der Waals surface area contributed by atoms with Gasteiger partial charge < -0.3 is 20.9 Å². The molecule has 1 aliphatic rings. The summed E-state index contributed by atoms with van der Waals surface area (Å²) in [6.45, 7) is 7.05. The third kappa shape index (κ3) is 6.59. The van der Waals surface area contributed by atoms with E-state index >= 15 is 0 Å². The van der Waals surface area contributed by atoms with E-state index in [9.17, 15) is 9.59 Å². The summed E-state index contributed by atoms with van der Waals surface area (Å²) in [5.74, 6) is -0.166. The van der Waals surface area contributed by atoms with Crippen molar-refractivity contribution in [3.63, 3.8) is 0 Å². The summed E-state index contributed by atoms with van der Waals surface area (Å²) in [5, 5.41) is 10.7. The highest BCUT2D eigenvalue weighted by Crippen LogP contribution is 2.17. The Morgan fingerprint density at radius 2 is 1.74 bits per heavy atom. The van der Waals surface area contributed by atoms with Crippen LogP contribution >= 0.6 is 11.3 Å². The quantitative estimate of drug-likeness (QED) is 0.458. The minimum absolute atomic E-state index is 0.166. The fourth-order valence-electron chi connectivity index (χ4n) is 4.03. The van der Waals surface area contributed by atoms with Gasteiger partial charge in [-0.25, -0.2) is 4.79 Å². The van der Waals surface area contributed by atoms with Crippen LogP contribution in [0.2, 0.25) is 0 Å². The molecule has 1 aliphatic heterocycles. The van der Waals surface area contributed by atoms with Crippen molar-refractivity contribution in [2.75, 3.05) is 42.9 Å². The van der Waals surface area contributed by atoms with Crippen LogP contribution in [0.4, 0.5) is 16.2 Å². The van der Waals surface area contributed by atoms with Crippen LogP contribution in [-0.2, 0) is 6.54 Å². The van der Waals surface area contributed by atoms with Gasteiger partial charge in [0, 0.05) is 60.6 Å². The highest BCUT2D eigenvalue weighted by Gasteiger charge is 2.21. The number of carbonyl (C=O) groups excluding carboxylic acids is 2. The molecule has 0 aliphatic carbocycles. The number of nitrogens with one attached hydrogen (secondary N) is 3. The fourth-order valence-corrected chi connectivity index (χ4v) is 4.67. The lowest BCUT2D eigenvalue weighted by Crippen LogP contribution is -2.52. The maximum atomic E-state index is 12.5. The molecule has 1 fully saturated rings. The van der Waals surface area contributed by atoms with Gasteiger partial charge in [-0.15, -0.1) is 11.3 Å². The highest BCUT2D eigenvalue weighted by molar-refractivity contribution is 7.09. The largest absolute Gasteiger partial charge is 0.369 e. The average molecular weight is 478 g/mol. The maximum Gasteiger partial charge on any atom is 0.319 e. The third-order valence-corrected chi connectivity index (χ3v) is 6.88. The van der Waals surface area contributed by atoms with E-state index in [1.165, 1.54) is 5.69 Å². The normalized spacial score (nSPS) is 14.9. The van der Waals surface area contributed by atoms with E-state index in [4.69, 9.17) is 0 Å². The smallest absolute Gasteiger partial charge is 0.319 e. The number of anilines is 2. The highest BCUT2D eigenvalue weighted by atomic mass is 32.1. The first-order chi connectivity index (χ1) is 16.6. The van der Waals surface area contributed by atoms with Crippen LogP contribution in [0.1, 0.15) is 22.2 Å². The molecule has 3 N–H and O–H groups in total. The van der Waals surface area contributed by atoms with Crippen LogP contribution in [0.3, 0.4) is 0 Å². The van der Waals surface area contributed by atoms with E-state index in [0.717, 1.165) is 31.1 Å². The van der Waals surface area contributed by atoms with Gasteiger partial charge in [-0.05, 0) is 48.7 Å². The van der Waals surface area contributed by atoms with E-state index in [0.29, 0.717) is 24.3 Å². The molecule has 0 bridgehead atoms. The maximum absolute atomic E-state index is 12.5. The van der Waals surface area contributed by atoms with Crippen LogP contribution < -0.4 is 20.9 Å². The van der Waals surface area contributed by atoms with Crippen molar-refractivity contribution in [3.05, 3.63) is 82.6 Å². The Morgan fingerprint density at radius 1 is 0.941 bits per heavy atom. The molecule has 0 saturated carbocycles. The molecule has 2 heterocycles. The van der Waals surface area contributed by atoms with Crippen LogP contribution in [0.15, 0.2) is 72.1 Å². The molecule has 3 amide bonds. The molecule has 178 valence electrons. The molecule has 1 aromatic heterocycles. The standard InChI is InChI=1S/C26H31N5O2S/c1-20(30-12-14-31(15-13-30)23-9-3-2-4-10-23)18-28-26(33)29-22-8-5-7-21(17-22)25(32)27-19-24-11-6-16-34-24/h2-11,16-17,20H,12-15,18-19H2,1H3,(H,27,32)(H2,28,29,33). The van der Waals surface area contributed by atoms with Crippen molar-refractivity contribution in [2.45, 2.75) is 19.5 Å². The molecular weight excluding hydrogens is 446 g/mol. The van der Waals surface area contributed by atoms with Crippen LogP contribution in [0.25, 0.3) is 0 Å². The summed E-state index contributed by atoms with van der Waals surface area (Å²) in [6, 6.07) is 21.4. The Hall–Kier alpha value is -3.36. The number of piperazine rings is 1. The second-order valence-corrected chi connectivity index (χ2v) is 9.42. The molecule has 4 rings (SSSR count). The zero-order valence-corrected chi connectivity index (χ0v) is 20.2. The molecule has 2 aromatic carbocycles. The molecule has 8 heteroatoms. The van der Waals surface area contributed by atoms with Gasteiger partial charge in [0.05, 0.1) is 6.54 Å². The number of urea groups is 1. The SMILES string of the molecule is CC(CNC(=O)Nc1cccc(C(=O)NCc2cccs2)c1)N1CCN(c2ccccc2)CC1. The van der Waals surface area contributed by atoms with Crippen molar-refractivity contribution in [3.8, 4) is 0 Å². The zero-order chi connectivity index (χ0) is 23.8. The van der Waals surface area contributed by atoms with Gasteiger partial charge in [0.15, 0.2) is 0 Å². The molecule has 0 spiro atoms. The van der Waals surface area contributed by atoms with Gasteiger partial charge in [-0.3, -0.25) is 9.69 Å². The number of nitrogens with zero attached hydrogens (tertiary/aromatic N) is 2. The molecule has 0 radical (unpaired) electrons. The van der Waals surface area contributed by atoms with Gasteiger partial charge in [0.2, 0.25) is 0 Å². The molecule has 1 atom stereocenters. The lowest BCUT2D eigenvalue weighted by atomic mass is 10.2. The minimum atomic E-state index is -0.272. The predicted molar refractivity (Wildman–Crippen MR) is 139 cm³/mol. The number of rotatable bonds is 8. The van der Waals surface area contributed by atoms with Gasteiger partial charge in [0.1, 0.15) is 0 Å². The van der Waals surface area contributed by atoms with E-state index in [1.807, 2.05) is 23.6 Å². The number of thiophene rings is 1. The first kappa shape index (κ1) is 23.8. The van der Waals surface area contributed by atoms with Crippen LogP contribution in [-0.4, -0.2) is 55.6 Å². The monoisotopic (exact) mass is 477 g/mol. The summed E-state index contributed by atoms with van der Waals surface area (Å²) >= 11 is 1.60. The van der Waals surface area contributed by atoms with Crippen molar-refractivity contribution in [1.29, 1.82) is 0 Å².